The maximum absolute atomic E-state index is 12.8. The molecule has 1 aliphatic heterocycles. The number of aliphatic hydroxyl groups is 1. The van der Waals surface area contributed by atoms with Crippen molar-refractivity contribution in [2.24, 2.45) is 0 Å². The highest BCUT2D eigenvalue weighted by Crippen LogP contribution is 2.44. The Kier molecular flexibility index (Phi) is 6.09. The van der Waals surface area contributed by atoms with E-state index in [1.165, 1.54) is 7.11 Å². The summed E-state index contributed by atoms with van der Waals surface area (Å²) in [7, 11) is 1.40. The number of carbonyl (C=O) groups excluding carboxylic acids is 2. The van der Waals surface area contributed by atoms with Gasteiger partial charge >= 0.3 is 12.1 Å². The van der Waals surface area contributed by atoms with Gasteiger partial charge in [0.1, 0.15) is 12.6 Å². The SMILES string of the molecule is CO[C@H](C)[C@H](NC(=O)OCC1c2ccccc2-c2ccccc21)C(=O)N1CC(O)(C(=O)O)C1. The number of carboxylic acids is 1. The highest BCUT2D eigenvalue weighted by atomic mass is 16.5. The molecule has 1 fully saturated rings. The summed E-state index contributed by atoms with van der Waals surface area (Å²) in [5.41, 5.74) is 2.37. The lowest BCUT2D eigenvalue weighted by Gasteiger charge is -2.44. The van der Waals surface area contributed by atoms with Crippen LogP contribution < -0.4 is 5.32 Å². The predicted molar refractivity (Wildman–Crippen MR) is 118 cm³/mol. The Morgan fingerprint density at radius 1 is 1.09 bits per heavy atom. The van der Waals surface area contributed by atoms with Crippen LogP contribution in [0.1, 0.15) is 24.0 Å². The van der Waals surface area contributed by atoms with Crippen LogP contribution in [0.4, 0.5) is 4.79 Å². The van der Waals surface area contributed by atoms with Gasteiger partial charge in [0, 0.05) is 13.0 Å². The molecule has 9 nitrogen and oxygen atoms in total. The number of nitrogens with zero attached hydrogens (tertiary/aromatic N) is 1. The van der Waals surface area contributed by atoms with Crippen molar-refractivity contribution in [3.8, 4) is 11.1 Å². The van der Waals surface area contributed by atoms with Crippen molar-refractivity contribution in [1.82, 2.24) is 10.2 Å². The molecule has 0 unspecified atom stereocenters. The van der Waals surface area contributed by atoms with Crippen LogP contribution in [0.3, 0.4) is 0 Å². The van der Waals surface area contributed by atoms with Crippen LogP contribution in [0.25, 0.3) is 11.1 Å². The molecule has 2 amide bonds. The number of hydrogen-bond acceptors (Lipinski definition) is 6. The molecule has 3 N–H and O–H groups in total. The van der Waals surface area contributed by atoms with E-state index in [2.05, 4.69) is 5.32 Å². The van der Waals surface area contributed by atoms with E-state index in [-0.39, 0.29) is 25.6 Å². The second kappa shape index (κ2) is 8.84. The number of likely N-dealkylation sites (tertiary alicyclic amines) is 1. The summed E-state index contributed by atoms with van der Waals surface area (Å²) in [6, 6.07) is 14.8. The molecule has 33 heavy (non-hydrogen) atoms. The van der Waals surface area contributed by atoms with Crippen molar-refractivity contribution in [2.45, 2.75) is 30.6 Å². The first-order valence-corrected chi connectivity index (χ1v) is 10.6. The first-order valence-electron chi connectivity index (χ1n) is 10.6. The van der Waals surface area contributed by atoms with E-state index in [1.54, 1.807) is 6.92 Å². The lowest BCUT2D eigenvalue weighted by molar-refractivity contribution is -0.183. The standard InChI is InChI=1S/C24H26N2O7/c1-14(32-2)20(21(27)26-12-24(31,13-26)22(28)29)25-23(30)33-11-19-17-9-5-3-7-15(17)16-8-4-6-10-18(16)19/h3-10,14,19-20,31H,11-13H2,1-2H3,(H,25,30)(H,28,29)/t14-,20+/m1/s1. The minimum absolute atomic E-state index is 0.0879. The summed E-state index contributed by atoms with van der Waals surface area (Å²) in [6.45, 7) is 0.973. The molecule has 2 aromatic rings. The monoisotopic (exact) mass is 454 g/mol. The number of benzene rings is 2. The quantitative estimate of drug-likeness (QED) is 0.580. The largest absolute Gasteiger partial charge is 0.479 e. The van der Waals surface area contributed by atoms with Crippen molar-refractivity contribution in [3.63, 3.8) is 0 Å². The molecule has 0 saturated carbocycles. The van der Waals surface area contributed by atoms with Gasteiger partial charge in [-0.05, 0) is 29.2 Å². The van der Waals surface area contributed by atoms with Crippen LogP contribution in [0, 0.1) is 0 Å². The molecule has 2 atom stereocenters. The van der Waals surface area contributed by atoms with E-state index in [0.29, 0.717) is 0 Å². The van der Waals surface area contributed by atoms with Gasteiger partial charge in [0.05, 0.1) is 19.2 Å². The van der Waals surface area contributed by atoms with Gasteiger partial charge in [-0.15, -0.1) is 0 Å². The molecule has 0 bridgehead atoms. The first-order chi connectivity index (χ1) is 15.7. The number of alkyl carbamates (subject to hydrolysis) is 1. The van der Waals surface area contributed by atoms with Gasteiger partial charge < -0.3 is 29.9 Å². The number of amides is 2. The Morgan fingerprint density at radius 3 is 2.15 bits per heavy atom. The van der Waals surface area contributed by atoms with Gasteiger partial charge in [0.25, 0.3) is 0 Å². The van der Waals surface area contributed by atoms with Crippen LogP contribution >= 0.6 is 0 Å². The van der Waals surface area contributed by atoms with E-state index in [9.17, 15) is 19.5 Å². The van der Waals surface area contributed by atoms with Gasteiger partial charge in [-0.1, -0.05) is 48.5 Å². The average molecular weight is 454 g/mol. The number of nitrogens with one attached hydrogen (secondary N) is 1. The Morgan fingerprint density at radius 2 is 1.64 bits per heavy atom. The highest BCUT2D eigenvalue weighted by Gasteiger charge is 2.51. The number of rotatable bonds is 7. The third-order valence-corrected chi connectivity index (χ3v) is 6.34. The fraction of sp³-hybridized carbons (Fsp3) is 0.375. The van der Waals surface area contributed by atoms with Gasteiger partial charge in [-0.25, -0.2) is 9.59 Å². The van der Waals surface area contributed by atoms with Crippen molar-refractivity contribution in [3.05, 3.63) is 59.7 Å². The maximum atomic E-state index is 12.8. The number of carboxylic acid groups (broad SMARTS) is 1. The van der Waals surface area contributed by atoms with Crippen molar-refractivity contribution >= 4 is 18.0 Å². The summed E-state index contributed by atoms with van der Waals surface area (Å²) >= 11 is 0. The number of β-amino-alcohol motifs (C(OH)–C–C–N with tert-alkyl or cyclic N) is 1. The molecular weight excluding hydrogens is 428 g/mol. The lowest BCUT2D eigenvalue weighted by atomic mass is 9.93. The molecule has 2 aromatic carbocycles. The van der Waals surface area contributed by atoms with Crippen molar-refractivity contribution in [2.75, 3.05) is 26.8 Å². The third-order valence-electron chi connectivity index (χ3n) is 6.34. The molecule has 2 aliphatic rings. The van der Waals surface area contributed by atoms with E-state index >= 15 is 0 Å². The zero-order valence-electron chi connectivity index (χ0n) is 18.4. The molecule has 0 radical (unpaired) electrons. The maximum Gasteiger partial charge on any atom is 0.407 e. The molecule has 174 valence electrons. The summed E-state index contributed by atoms with van der Waals surface area (Å²) in [5, 5.41) is 21.5. The van der Waals surface area contributed by atoms with Gasteiger partial charge in [0.15, 0.2) is 5.60 Å². The fourth-order valence-electron chi connectivity index (χ4n) is 4.36. The fourth-order valence-corrected chi connectivity index (χ4v) is 4.36. The molecular formula is C24H26N2O7. The molecule has 1 heterocycles. The van der Waals surface area contributed by atoms with Crippen molar-refractivity contribution in [1.29, 1.82) is 0 Å². The van der Waals surface area contributed by atoms with Crippen LogP contribution in [-0.4, -0.2) is 77.6 Å². The molecule has 4 rings (SSSR count). The molecule has 9 heteroatoms. The molecule has 1 saturated heterocycles. The zero-order valence-corrected chi connectivity index (χ0v) is 18.4. The van der Waals surface area contributed by atoms with E-state index in [0.717, 1.165) is 27.2 Å². The van der Waals surface area contributed by atoms with E-state index < -0.39 is 35.7 Å². The first kappa shape index (κ1) is 22.8. The number of hydrogen-bond donors (Lipinski definition) is 3. The summed E-state index contributed by atoms with van der Waals surface area (Å²) in [4.78, 5) is 37.7. The summed E-state index contributed by atoms with van der Waals surface area (Å²) < 4.78 is 10.7. The number of ether oxygens (including phenoxy) is 2. The van der Waals surface area contributed by atoms with E-state index in [1.807, 2.05) is 48.5 Å². The molecule has 0 aromatic heterocycles. The van der Waals surface area contributed by atoms with Crippen LogP contribution in [0.15, 0.2) is 48.5 Å². The Bertz CT molecular complexity index is 1030. The predicted octanol–water partition coefficient (Wildman–Crippen LogP) is 1.59. The smallest absolute Gasteiger partial charge is 0.407 e. The van der Waals surface area contributed by atoms with Gasteiger partial charge in [-0.2, -0.15) is 0 Å². The summed E-state index contributed by atoms with van der Waals surface area (Å²) in [6.07, 6.45) is -1.48. The second-order valence-electron chi connectivity index (χ2n) is 8.42. The minimum atomic E-state index is -1.97. The van der Waals surface area contributed by atoms with E-state index in [4.69, 9.17) is 14.6 Å². The molecule has 1 aliphatic carbocycles. The topological polar surface area (TPSA) is 125 Å². The average Bonchev–Trinajstić information content (AvgIpc) is 3.11. The normalized spacial score (nSPS) is 17.8. The van der Waals surface area contributed by atoms with Crippen LogP contribution in [-0.2, 0) is 19.1 Å². The third kappa shape index (κ3) is 4.17. The Balaban J connectivity index is 1.42. The summed E-state index contributed by atoms with van der Waals surface area (Å²) in [5.74, 6) is -2.07. The highest BCUT2D eigenvalue weighted by molar-refractivity contribution is 5.90. The molecule has 0 spiro atoms. The van der Waals surface area contributed by atoms with Crippen LogP contribution in [0.5, 0.6) is 0 Å². The van der Waals surface area contributed by atoms with Gasteiger partial charge in [-0.3, -0.25) is 4.79 Å². The number of aliphatic carboxylic acids is 1. The van der Waals surface area contributed by atoms with Crippen LogP contribution in [0.2, 0.25) is 0 Å². The lowest BCUT2D eigenvalue weighted by Crippen LogP contribution is -2.70. The number of methoxy groups -OCH3 is 1. The zero-order chi connectivity index (χ0) is 23.8. The minimum Gasteiger partial charge on any atom is -0.479 e. The second-order valence-corrected chi connectivity index (χ2v) is 8.42. The number of fused-ring (bicyclic) bond motifs is 3. The Hall–Kier alpha value is -3.43. The Labute approximate surface area is 190 Å². The number of carbonyl (C=O) groups is 3. The van der Waals surface area contributed by atoms with Crippen molar-refractivity contribution < 1.29 is 34.1 Å². The van der Waals surface area contributed by atoms with Gasteiger partial charge in [0.2, 0.25) is 5.91 Å².